The zero-order valence-electron chi connectivity index (χ0n) is 6.75. The summed E-state index contributed by atoms with van der Waals surface area (Å²) in [6.07, 6.45) is 0. The fourth-order valence-corrected chi connectivity index (χ4v) is 0.961. The van der Waals surface area contributed by atoms with Gasteiger partial charge < -0.3 is 11.5 Å². The number of hydrogen-bond acceptors (Lipinski definition) is 2. The molecule has 4 N–H and O–H groups in total. The lowest BCUT2D eigenvalue weighted by Crippen LogP contribution is -2.08. The molecule has 11 heavy (non-hydrogen) atoms. The summed E-state index contributed by atoms with van der Waals surface area (Å²) in [5.41, 5.74) is 13.1. The van der Waals surface area contributed by atoms with Gasteiger partial charge in [-0.3, -0.25) is 0 Å². The monoisotopic (exact) mass is 150 g/mol. The highest BCUT2D eigenvalue weighted by Gasteiger charge is 2.00. The molecule has 0 fully saturated rings. The van der Waals surface area contributed by atoms with Crippen LogP contribution >= 0.6 is 0 Å². The minimum Gasteiger partial charge on any atom is -0.399 e. The van der Waals surface area contributed by atoms with Crippen molar-refractivity contribution < 1.29 is 0 Å². The van der Waals surface area contributed by atoms with E-state index in [9.17, 15) is 0 Å². The molecule has 1 aromatic carbocycles. The summed E-state index contributed by atoms with van der Waals surface area (Å²) in [6, 6.07) is 7.85. The first-order valence-corrected chi connectivity index (χ1v) is 3.79. The van der Waals surface area contributed by atoms with Crippen molar-refractivity contribution in [3.63, 3.8) is 0 Å². The lowest BCUT2D eigenvalue weighted by molar-refractivity contribution is 0.774. The van der Waals surface area contributed by atoms with Crippen LogP contribution in [0, 0.1) is 0 Å². The van der Waals surface area contributed by atoms with Crippen molar-refractivity contribution in [2.24, 2.45) is 5.73 Å². The molecule has 0 saturated carbocycles. The highest BCUT2D eigenvalue weighted by molar-refractivity contribution is 5.40. The molecule has 0 aliphatic carbocycles. The molecule has 1 aromatic rings. The van der Waals surface area contributed by atoms with Crippen LogP contribution < -0.4 is 11.5 Å². The molecular weight excluding hydrogens is 136 g/mol. The van der Waals surface area contributed by atoms with Crippen LogP contribution in [-0.4, -0.2) is 6.54 Å². The first-order valence-electron chi connectivity index (χ1n) is 3.79. The molecule has 1 atom stereocenters. The van der Waals surface area contributed by atoms with E-state index in [-0.39, 0.29) is 0 Å². The van der Waals surface area contributed by atoms with Crippen LogP contribution in [0.5, 0.6) is 0 Å². The van der Waals surface area contributed by atoms with Gasteiger partial charge in [-0.2, -0.15) is 0 Å². The van der Waals surface area contributed by atoms with Gasteiger partial charge in [0.25, 0.3) is 0 Å². The largest absolute Gasteiger partial charge is 0.399 e. The van der Waals surface area contributed by atoms with Gasteiger partial charge in [0, 0.05) is 5.69 Å². The molecule has 0 radical (unpaired) electrons. The van der Waals surface area contributed by atoms with E-state index in [0.29, 0.717) is 12.5 Å². The van der Waals surface area contributed by atoms with Gasteiger partial charge in [-0.1, -0.05) is 19.1 Å². The zero-order valence-corrected chi connectivity index (χ0v) is 6.75. The van der Waals surface area contributed by atoms with E-state index in [4.69, 9.17) is 11.5 Å². The minimum atomic E-state index is 0.426. The highest BCUT2D eigenvalue weighted by Crippen LogP contribution is 2.14. The maximum Gasteiger partial charge on any atom is 0.0314 e. The average molecular weight is 150 g/mol. The van der Waals surface area contributed by atoms with Crippen LogP contribution in [0.1, 0.15) is 18.4 Å². The van der Waals surface area contributed by atoms with E-state index in [1.54, 1.807) is 0 Å². The predicted molar refractivity (Wildman–Crippen MR) is 48.3 cm³/mol. The van der Waals surface area contributed by atoms with Gasteiger partial charge in [-0.15, -0.1) is 0 Å². The van der Waals surface area contributed by atoms with Crippen molar-refractivity contribution in [3.05, 3.63) is 29.8 Å². The first-order chi connectivity index (χ1) is 5.24. The summed E-state index contributed by atoms with van der Waals surface area (Å²) in [4.78, 5) is 0. The van der Waals surface area contributed by atoms with E-state index in [0.717, 1.165) is 5.69 Å². The van der Waals surface area contributed by atoms with Gasteiger partial charge in [0.05, 0.1) is 0 Å². The van der Waals surface area contributed by atoms with Crippen molar-refractivity contribution in [1.82, 2.24) is 0 Å². The third kappa shape index (κ3) is 1.95. The second-order valence-electron chi connectivity index (χ2n) is 2.80. The number of anilines is 1. The van der Waals surface area contributed by atoms with E-state index in [1.807, 2.05) is 24.3 Å². The van der Waals surface area contributed by atoms with Crippen LogP contribution in [-0.2, 0) is 0 Å². The van der Waals surface area contributed by atoms with Crippen molar-refractivity contribution >= 4 is 5.69 Å². The van der Waals surface area contributed by atoms with E-state index >= 15 is 0 Å². The molecule has 0 aliphatic rings. The van der Waals surface area contributed by atoms with Gasteiger partial charge in [0.2, 0.25) is 0 Å². The lowest BCUT2D eigenvalue weighted by atomic mass is 10.0. The molecule has 2 nitrogen and oxygen atoms in total. The maximum atomic E-state index is 5.54. The van der Waals surface area contributed by atoms with E-state index in [1.165, 1.54) is 5.56 Å². The minimum absolute atomic E-state index is 0.426. The molecule has 0 saturated heterocycles. The molecule has 1 rings (SSSR count). The molecule has 60 valence electrons. The number of benzene rings is 1. The number of rotatable bonds is 2. The Balaban J connectivity index is 2.81. The normalized spacial score (nSPS) is 12.9. The van der Waals surface area contributed by atoms with Gasteiger partial charge in [-0.05, 0) is 30.2 Å². The average Bonchev–Trinajstić information content (AvgIpc) is 2.05. The molecule has 1 unspecified atom stereocenters. The Kier molecular flexibility index (Phi) is 2.49. The number of nitrogens with two attached hydrogens (primary N) is 2. The Morgan fingerprint density at radius 1 is 1.27 bits per heavy atom. The summed E-state index contributed by atoms with van der Waals surface area (Å²) in [6.45, 7) is 2.79. The van der Waals surface area contributed by atoms with Crippen molar-refractivity contribution in [1.29, 1.82) is 0 Å². The Hall–Kier alpha value is -1.02. The smallest absolute Gasteiger partial charge is 0.0314 e. The molecule has 0 amide bonds. The maximum absolute atomic E-state index is 5.54. The molecule has 2 heteroatoms. The quantitative estimate of drug-likeness (QED) is 0.625. The number of hydrogen-bond donors (Lipinski definition) is 2. The van der Waals surface area contributed by atoms with Gasteiger partial charge in [0.15, 0.2) is 0 Å². The predicted octanol–water partition coefficient (Wildman–Crippen LogP) is 1.33. The van der Waals surface area contributed by atoms with Gasteiger partial charge in [-0.25, -0.2) is 0 Å². The second kappa shape index (κ2) is 3.39. The van der Waals surface area contributed by atoms with Crippen molar-refractivity contribution in [2.45, 2.75) is 12.8 Å². The highest BCUT2D eigenvalue weighted by atomic mass is 14.5. The Morgan fingerprint density at radius 3 is 2.27 bits per heavy atom. The SMILES string of the molecule is CC(CN)c1ccc(N)cc1. The standard InChI is InChI=1S/C9H14N2/c1-7(6-10)8-2-4-9(11)5-3-8/h2-5,7H,6,10-11H2,1H3. The van der Waals surface area contributed by atoms with Crippen LogP contribution in [0.2, 0.25) is 0 Å². The van der Waals surface area contributed by atoms with E-state index < -0.39 is 0 Å². The fraction of sp³-hybridized carbons (Fsp3) is 0.333. The van der Waals surface area contributed by atoms with Crippen LogP contribution in [0.25, 0.3) is 0 Å². The summed E-state index contributed by atoms with van der Waals surface area (Å²) < 4.78 is 0. The Morgan fingerprint density at radius 2 is 1.82 bits per heavy atom. The van der Waals surface area contributed by atoms with Crippen molar-refractivity contribution in [2.75, 3.05) is 12.3 Å². The van der Waals surface area contributed by atoms with Crippen LogP contribution in [0.15, 0.2) is 24.3 Å². The summed E-state index contributed by atoms with van der Waals surface area (Å²) >= 11 is 0. The second-order valence-corrected chi connectivity index (χ2v) is 2.80. The molecule has 0 aromatic heterocycles. The molecule has 0 heterocycles. The van der Waals surface area contributed by atoms with Crippen LogP contribution in [0.3, 0.4) is 0 Å². The Bertz CT molecular complexity index is 216. The number of nitrogen functional groups attached to an aromatic ring is 1. The van der Waals surface area contributed by atoms with Crippen LogP contribution in [0.4, 0.5) is 5.69 Å². The Labute approximate surface area is 67.2 Å². The third-order valence-corrected chi connectivity index (χ3v) is 1.86. The van der Waals surface area contributed by atoms with Crippen molar-refractivity contribution in [3.8, 4) is 0 Å². The summed E-state index contributed by atoms with van der Waals surface area (Å²) in [7, 11) is 0. The first kappa shape index (κ1) is 8.08. The van der Waals surface area contributed by atoms with Gasteiger partial charge >= 0.3 is 0 Å². The lowest BCUT2D eigenvalue weighted by Gasteiger charge is -2.07. The zero-order chi connectivity index (χ0) is 8.27. The summed E-state index contributed by atoms with van der Waals surface area (Å²) in [5.74, 6) is 0.426. The molecule has 0 bridgehead atoms. The van der Waals surface area contributed by atoms with E-state index in [2.05, 4.69) is 6.92 Å². The molecule has 0 aliphatic heterocycles. The third-order valence-electron chi connectivity index (χ3n) is 1.86. The summed E-state index contributed by atoms with van der Waals surface area (Å²) in [5, 5.41) is 0. The molecular formula is C9H14N2. The molecule has 0 spiro atoms. The topological polar surface area (TPSA) is 52.0 Å². The van der Waals surface area contributed by atoms with Gasteiger partial charge in [0.1, 0.15) is 0 Å². The fourth-order valence-electron chi connectivity index (χ4n) is 0.961.